The van der Waals surface area contributed by atoms with Gasteiger partial charge in [-0.3, -0.25) is 0 Å². The Bertz CT molecular complexity index is 402. The Morgan fingerprint density at radius 3 is 2.74 bits per heavy atom. The van der Waals surface area contributed by atoms with Crippen LogP contribution in [0.15, 0.2) is 18.2 Å². The molecule has 19 heavy (non-hydrogen) atoms. The monoisotopic (exact) mass is 284 g/mol. The molecule has 1 nitrogen and oxygen atoms in total. The largest absolute Gasteiger partial charge is 0.393 e. The fourth-order valence-corrected chi connectivity index (χ4v) is 3.15. The summed E-state index contributed by atoms with van der Waals surface area (Å²) in [5.74, 6) is 0.477. The van der Waals surface area contributed by atoms with E-state index >= 15 is 0 Å². The van der Waals surface area contributed by atoms with Crippen LogP contribution in [-0.4, -0.2) is 11.2 Å². The number of benzene rings is 1. The molecule has 0 amide bonds. The minimum atomic E-state index is -0.416. The third kappa shape index (κ3) is 4.77. The van der Waals surface area contributed by atoms with Crippen LogP contribution in [0.25, 0.3) is 0 Å². The highest BCUT2D eigenvalue weighted by Gasteiger charge is 2.16. The predicted molar refractivity (Wildman–Crippen MR) is 76.9 cm³/mol. The molecule has 0 heterocycles. The summed E-state index contributed by atoms with van der Waals surface area (Å²) in [6, 6.07) is 4.33. The molecular formula is C16H22ClFO. The van der Waals surface area contributed by atoms with Gasteiger partial charge in [-0.15, -0.1) is 0 Å². The maximum absolute atomic E-state index is 13.1. The summed E-state index contributed by atoms with van der Waals surface area (Å²) in [5, 5.41) is 10.6. The first-order chi connectivity index (χ1) is 9.15. The highest BCUT2D eigenvalue weighted by molar-refractivity contribution is 6.31. The van der Waals surface area contributed by atoms with Gasteiger partial charge >= 0.3 is 0 Å². The van der Waals surface area contributed by atoms with Crippen molar-refractivity contribution in [1.82, 2.24) is 0 Å². The van der Waals surface area contributed by atoms with E-state index in [2.05, 4.69) is 0 Å². The number of rotatable bonds is 5. The van der Waals surface area contributed by atoms with E-state index in [1.54, 1.807) is 6.07 Å². The fourth-order valence-electron chi connectivity index (χ4n) is 2.96. The molecule has 1 atom stereocenters. The Kier molecular flexibility index (Phi) is 5.65. The van der Waals surface area contributed by atoms with Crippen molar-refractivity contribution in [2.75, 3.05) is 0 Å². The summed E-state index contributed by atoms with van der Waals surface area (Å²) in [4.78, 5) is 0. The van der Waals surface area contributed by atoms with Gasteiger partial charge in [0.25, 0.3) is 0 Å². The molecule has 0 aliphatic heterocycles. The second-order valence-electron chi connectivity index (χ2n) is 5.68. The van der Waals surface area contributed by atoms with Crippen LogP contribution in [0.3, 0.4) is 0 Å². The summed E-state index contributed by atoms with van der Waals surface area (Å²) in [5.41, 5.74) is 0.706. The molecule has 1 unspecified atom stereocenters. The minimum Gasteiger partial charge on any atom is -0.393 e. The SMILES string of the molecule is OC(CCC1CCCCC1)Cc1cc(F)ccc1Cl. The van der Waals surface area contributed by atoms with Gasteiger partial charge < -0.3 is 5.11 Å². The maximum atomic E-state index is 13.1. The molecule has 0 spiro atoms. The average Bonchev–Trinajstić information content (AvgIpc) is 2.42. The van der Waals surface area contributed by atoms with Crippen LogP contribution < -0.4 is 0 Å². The van der Waals surface area contributed by atoms with Gasteiger partial charge in [0.2, 0.25) is 0 Å². The van der Waals surface area contributed by atoms with E-state index in [0.29, 0.717) is 17.0 Å². The number of halogens is 2. The van der Waals surface area contributed by atoms with E-state index in [0.717, 1.165) is 18.8 Å². The number of aliphatic hydroxyl groups is 1. The Morgan fingerprint density at radius 1 is 1.26 bits per heavy atom. The van der Waals surface area contributed by atoms with E-state index in [1.807, 2.05) is 0 Å². The first-order valence-corrected chi connectivity index (χ1v) is 7.65. The highest BCUT2D eigenvalue weighted by atomic mass is 35.5. The van der Waals surface area contributed by atoms with Crippen LogP contribution in [0.2, 0.25) is 5.02 Å². The van der Waals surface area contributed by atoms with E-state index in [9.17, 15) is 9.50 Å². The maximum Gasteiger partial charge on any atom is 0.123 e. The number of aliphatic hydroxyl groups excluding tert-OH is 1. The van der Waals surface area contributed by atoms with Crippen molar-refractivity contribution in [2.45, 2.75) is 57.5 Å². The van der Waals surface area contributed by atoms with Crippen molar-refractivity contribution in [1.29, 1.82) is 0 Å². The lowest BCUT2D eigenvalue weighted by molar-refractivity contribution is 0.149. The van der Waals surface area contributed by atoms with Gasteiger partial charge in [0.05, 0.1) is 6.10 Å². The molecule has 1 aliphatic carbocycles. The van der Waals surface area contributed by atoms with Gasteiger partial charge in [-0.05, 0) is 48.9 Å². The summed E-state index contributed by atoms with van der Waals surface area (Å²) in [7, 11) is 0. The number of hydrogen-bond acceptors (Lipinski definition) is 1. The first-order valence-electron chi connectivity index (χ1n) is 7.27. The van der Waals surface area contributed by atoms with Crippen molar-refractivity contribution >= 4 is 11.6 Å². The lowest BCUT2D eigenvalue weighted by Crippen LogP contribution is -2.14. The third-order valence-electron chi connectivity index (χ3n) is 4.10. The molecule has 0 bridgehead atoms. The fraction of sp³-hybridized carbons (Fsp3) is 0.625. The van der Waals surface area contributed by atoms with Crippen molar-refractivity contribution in [3.8, 4) is 0 Å². The normalized spacial score (nSPS) is 18.5. The molecule has 1 N–H and O–H groups in total. The Morgan fingerprint density at radius 2 is 2.00 bits per heavy atom. The summed E-state index contributed by atoms with van der Waals surface area (Å²) in [6.07, 6.45) is 8.52. The molecule has 3 heteroatoms. The summed E-state index contributed by atoms with van der Waals surface area (Å²) in [6.45, 7) is 0. The Labute approximate surface area is 119 Å². The molecule has 0 saturated heterocycles. The smallest absolute Gasteiger partial charge is 0.123 e. The molecule has 1 fully saturated rings. The van der Waals surface area contributed by atoms with Gasteiger partial charge in [0, 0.05) is 5.02 Å². The zero-order valence-corrected chi connectivity index (χ0v) is 12.0. The van der Waals surface area contributed by atoms with Crippen LogP contribution in [0.4, 0.5) is 4.39 Å². The summed E-state index contributed by atoms with van der Waals surface area (Å²) < 4.78 is 13.1. The molecule has 1 aromatic rings. The lowest BCUT2D eigenvalue weighted by atomic mass is 9.85. The third-order valence-corrected chi connectivity index (χ3v) is 4.46. The molecule has 106 valence electrons. The van der Waals surface area contributed by atoms with Gasteiger partial charge in [0.1, 0.15) is 5.82 Å². The minimum absolute atomic E-state index is 0.293. The number of hydrogen-bond donors (Lipinski definition) is 1. The highest BCUT2D eigenvalue weighted by Crippen LogP contribution is 2.28. The molecule has 1 aromatic carbocycles. The molecule has 1 saturated carbocycles. The van der Waals surface area contributed by atoms with E-state index in [4.69, 9.17) is 11.6 Å². The van der Waals surface area contributed by atoms with E-state index in [1.165, 1.54) is 44.2 Å². The van der Waals surface area contributed by atoms with Crippen molar-refractivity contribution in [3.63, 3.8) is 0 Å². The van der Waals surface area contributed by atoms with Crippen molar-refractivity contribution < 1.29 is 9.50 Å². The van der Waals surface area contributed by atoms with Gasteiger partial charge in [0.15, 0.2) is 0 Å². The first kappa shape index (κ1) is 14.8. The molecule has 1 aliphatic rings. The zero-order chi connectivity index (χ0) is 13.7. The quantitative estimate of drug-likeness (QED) is 0.828. The molecule has 0 aromatic heterocycles. The summed E-state index contributed by atoms with van der Waals surface area (Å²) >= 11 is 6.01. The van der Waals surface area contributed by atoms with Crippen molar-refractivity contribution in [2.24, 2.45) is 5.92 Å². The van der Waals surface area contributed by atoms with Gasteiger partial charge in [-0.25, -0.2) is 4.39 Å². The predicted octanol–water partition coefficient (Wildman–Crippen LogP) is 4.74. The van der Waals surface area contributed by atoms with Crippen LogP contribution in [0.5, 0.6) is 0 Å². The van der Waals surface area contributed by atoms with Crippen LogP contribution >= 0.6 is 11.6 Å². The molecule has 2 rings (SSSR count). The van der Waals surface area contributed by atoms with Gasteiger partial charge in [-0.2, -0.15) is 0 Å². The van der Waals surface area contributed by atoms with Crippen LogP contribution in [0.1, 0.15) is 50.5 Å². The Hall–Kier alpha value is -0.600. The molecular weight excluding hydrogens is 263 g/mol. The lowest BCUT2D eigenvalue weighted by Gasteiger charge is -2.22. The Balaban J connectivity index is 1.80. The second-order valence-corrected chi connectivity index (χ2v) is 6.08. The van der Waals surface area contributed by atoms with E-state index in [-0.39, 0.29) is 5.82 Å². The topological polar surface area (TPSA) is 20.2 Å². The van der Waals surface area contributed by atoms with Crippen molar-refractivity contribution in [3.05, 3.63) is 34.6 Å². The standard InChI is InChI=1S/C16H22ClFO/c17-16-9-7-14(18)10-13(16)11-15(19)8-6-12-4-2-1-3-5-12/h7,9-10,12,15,19H,1-6,8,11H2. The average molecular weight is 285 g/mol. The zero-order valence-electron chi connectivity index (χ0n) is 11.2. The van der Waals surface area contributed by atoms with Gasteiger partial charge in [-0.1, -0.05) is 43.7 Å². The van der Waals surface area contributed by atoms with Crippen LogP contribution in [-0.2, 0) is 6.42 Å². The second kappa shape index (κ2) is 7.25. The molecule has 0 radical (unpaired) electrons. The van der Waals surface area contributed by atoms with E-state index < -0.39 is 6.10 Å². The van der Waals surface area contributed by atoms with Crippen LogP contribution in [0, 0.1) is 11.7 Å².